The first-order valence-corrected chi connectivity index (χ1v) is 8.19. The summed E-state index contributed by atoms with van der Waals surface area (Å²) in [4.78, 5) is 14.0. The molecular weight excluding hydrogens is 260 g/mol. The summed E-state index contributed by atoms with van der Waals surface area (Å²) in [7, 11) is 0. The van der Waals surface area contributed by atoms with Crippen molar-refractivity contribution >= 4 is 5.91 Å². The molecule has 3 nitrogen and oxygen atoms in total. The summed E-state index contributed by atoms with van der Waals surface area (Å²) < 4.78 is 0. The lowest BCUT2D eigenvalue weighted by molar-refractivity contribution is -0.130. The van der Waals surface area contributed by atoms with Crippen LogP contribution in [0.3, 0.4) is 0 Å². The average molecular weight is 288 g/mol. The molecule has 0 radical (unpaired) electrons. The van der Waals surface area contributed by atoms with Crippen LogP contribution in [0.1, 0.15) is 63.1 Å². The molecule has 0 bridgehead atoms. The van der Waals surface area contributed by atoms with Gasteiger partial charge >= 0.3 is 0 Å². The molecule has 0 aromatic heterocycles. The molecule has 0 aliphatic carbocycles. The molecule has 1 aliphatic heterocycles. The highest BCUT2D eigenvalue weighted by Gasteiger charge is 2.17. The molecule has 2 rings (SSSR count). The van der Waals surface area contributed by atoms with Crippen molar-refractivity contribution < 1.29 is 4.79 Å². The van der Waals surface area contributed by atoms with E-state index in [0.717, 1.165) is 32.5 Å². The van der Waals surface area contributed by atoms with Gasteiger partial charge in [0.25, 0.3) is 0 Å². The highest BCUT2D eigenvalue weighted by atomic mass is 16.2. The zero-order valence-corrected chi connectivity index (χ0v) is 13.6. The minimum atomic E-state index is 0.289. The van der Waals surface area contributed by atoms with Crippen LogP contribution in [0.25, 0.3) is 0 Å². The fourth-order valence-corrected chi connectivity index (χ4v) is 2.81. The van der Waals surface area contributed by atoms with Gasteiger partial charge in [-0.3, -0.25) is 4.79 Å². The highest BCUT2D eigenvalue weighted by Crippen LogP contribution is 2.18. The van der Waals surface area contributed by atoms with Crippen molar-refractivity contribution in [3.8, 4) is 0 Å². The quantitative estimate of drug-likeness (QED) is 0.869. The molecule has 3 heteroatoms. The molecule has 1 saturated heterocycles. The van der Waals surface area contributed by atoms with E-state index in [-0.39, 0.29) is 6.04 Å². The number of carbonyl (C=O) groups excluding carboxylic acids is 1. The summed E-state index contributed by atoms with van der Waals surface area (Å²) in [6.07, 6.45) is 2.93. The topological polar surface area (TPSA) is 32.3 Å². The van der Waals surface area contributed by atoms with Crippen LogP contribution in [0, 0.1) is 0 Å². The molecule has 116 valence electrons. The third-order valence-electron chi connectivity index (χ3n) is 4.35. The van der Waals surface area contributed by atoms with Gasteiger partial charge in [0, 0.05) is 32.1 Å². The molecule has 21 heavy (non-hydrogen) atoms. The average Bonchev–Trinajstić information content (AvgIpc) is 3.01. The van der Waals surface area contributed by atoms with Crippen LogP contribution in [-0.4, -0.2) is 30.4 Å². The van der Waals surface area contributed by atoms with E-state index in [1.807, 2.05) is 4.90 Å². The number of hydrogen-bond donors (Lipinski definition) is 1. The molecule has 1 fully saturated rings. The molecular formula is C18H28N2O. The molecule has 1 amide bonds. The Labute approximate surface area is 128 Å². The van der Waals surface area contributed by atoms with Crippen molar-refractivity contribution in [2.75, 3.05) is 19.6 Å². The van der Waals surface area contributed by atoms with Crippen molar-refractivity contribution in [3.63, 3.8) is 0 Å². The summed E-state index contributed by atoms with van der Waals surface area (Å²) in [5.74, 6) is 0.864. The number of nitrogens with one attached hydrogen (secondary N) is 1. The third-order valence-corrected chi connectivity index (χ3v) is 4.35. The Morgan fingerprint density at radius 3 is 2.24 bits per heavy atom. The Balaban J connectivity index is 1.76. The van der Waals surface area contributed by atoms with Crippen molar-refractivity contribution in [2.45, 2.75) is 52.0 Å². The van der Waals surface area contributed by atoms with Crippen LogP contribution in [0.4, 0.5) is 0 Å². The summed E-state index contributed by atoms with van der Waals surface area (Å²) >= 11 is 0. The van der Waals surface area contributed by atoms with Crippen LogP contribution in [-0.2, 0) is 4.79 Å². The number of amides is 1. The van der Waals surface area contributed by atoms with Gasteiger partial charge in [-0.05, 0) is 36.8 Å². The first-order valence-electron chi connectivity index (χ1n) is 8.19. The first kappa shape index (κ1) is 16.0. The largest absolute Gasteiger partial charge is 0.343 e. The number of hydrogen-bond acceptors (Lipinski definition) is 2. The summed E-state index contributed by atoms with van der Waals surface area (Å²) in [6.45, 7) is 9.23. The maximum absolute atomic E-state index is 12.0. The molecule has 1 aromatic rings. The van der Waals surface area contributed by atoms with E-state index in [1.165, 1.54) is 11.1 Å². The SMILES string of the molecule is CC(C)c1ccc(C(C)NCCC(=O)N2CCCC2)cc1. The van der Waals surface area contributed by atoms with Gasteiger partial charge in [-0.15, -0.1) is 0 Å². The van der Waals surface area contributed by atoms with Gasteiger partial charge in [-0.1, -0.05) is 38.1 Å². The zero-order valence-electron chi connectivity index (χ0n) is 13.6. The number of carbonyl (C=O) groups is 1. The normalized spacial score (nSPS) is 16.5. The monoisotopic (exact) mass is 288 g/mol. The molecule has 1 N–H and O–H groups in total. The Bertz CT molecular complexity index is 447. The summed E-state index contributed by atoms with van der Waals surface area (Å²) in [5.41, 5.74) is 2.66. The van der Waals surface area contributed by atoms with Crippen LogP contribution >= 0.6 is 0 Å². The van der Waals surface area contributed by atoms with E-state index < -0.39 is 0 Å². The lowest BCUT2D eigenvalue weighted by Gasteiger charge is -2.18. The molecule has 1 heterocycles. The fourth-order valence-electron chi connectivity index (χ4n) is 2.81. The van der Waals surface area contributed by atoms with Crippen molar-refractivity contribution in [3.05, 3.63) is 35.4 Å². The van der Waals surface area contributed by atoms with E-state index >= 15 is 0 Å². The Kier molecular flexibility index (Phi) is 5.80. The number of rotatable bonds is 6. The lowest BCUT2D eigenvalue weighted by atomic mass is 9.99. The van der Waals surface area contributed by atoms with Gasteiger partial charge in [-0.25, -0.2) is 0 Å². The standard InChI is InChI=1S/C18H28N2O/c1-14(2)16-6-8-17(9-7-16)15(3)19-11-10-18(21)20-12-4-5-13-20/h6-9,14-15,19H,4-5,10-13H2,1-3H3. The van der Waals surface area contributed by atoms with Gasteiger partial charge in [0.2, 0.25) is 5.91 Å². The second kappa shape index (κ2) is 7.60. The van der Waals surface area contributed by atoms with E-state index in [0.29, 0.717) is 18.2 Å². The molecule has 1 aliphatic rings. The van der Waals surface area contributed by atoms with E-state index in [2.05, 4.69) is 50.4 Å². The molecule has 0 saturated carbocycles. The van der Waals surface area contributed by atoms with Gasteiger partial charge < -0.3 is 10.2 Å². The van der Waals surface area contributed by atoms with Gasteiger partial charge in [-0.2, -0.15) is 0 Å². The molecule has 1 atom stereocenters. The minimum absolute atomic E-state index is 0.289. The van der Waals surface area contributed by atoms with E-state index in [9.17, 15) is 4.79 Å². The predicted molar refractivity (Wildman–Crippen MR) is 87.4 cm³/mol. The van der Waals surface area contributed by atoms with Crippen LogP contribution in [0.5, 0.6) is 0 Å². The van der Waals surface area contributed by atoms with Crippen LogP contribution < -0.4 is 5.32 Å². The van der Waals surface area contributed by atoms with Crippen molar-refractivity contribution in [1.29, 1.82) is 0 Å². The first-order chi connectivity index (χ1) is 10.1. The number of benzene rings is 1. The van der Waals surface area contributed by atoms with E-state index in [4.69, 9.17) is 0 Å². The Hall–Kier alpha value is -1.35. The zero-order chi connectivity index (χ0) is 15.2. The lowest BCUT2D eigenvalue weighted by Crippen LogP contribution is -2.31. The maximum atomic E-state index is 12.0. The fraction of sp³-hybridized carbons (Fsp3) is 0.611. The number of nitrogens with zero attached hydrogens (tertiary/aromatic N) is 1. The van der Waals surface area contributed by atoms with Crippen molar-refractivity contribution in [1.82, 2.24) is 10.2 Å². The Morgan fingerprint density at radius 1 is 1.10 bits per heavy atom. The second-order valence-corrected chi connectivity index (χ2v) is 6.34. The summed E-state index contributed by atoms with van der Waals surface area (Å²) in [6, 6.07) is 9.07. The van der Waals surface area contributed by atoms with Gasteiger partial charge in [0.15, 0.2) is 0 Å². The highest BCUT2D eigenvalue weighted by molar-refractivity contribution is 5.76. The molecule has 0 spiro atoms. The van der Waals surface area contributed by atoms with Crippen LogP contribution in [0.2, 0.25) is 0 Å². The minimum Gasteiger partial charge on any atom is -0.343 e. The smallest absolute Gasteiger partial charge is 0.223 e. The van der Waals surface area contributed by atoms with Crippen molar-refractivity contribution in [2.24, 2.45) is 0 Å². The van der Waals surface area contributed by atoms with E-state index in [1.54, 1.807) is 0 Å². The van der Waals surface area contributed by atoms with Gasteiger partial charge in [0.05, 0.1) is 0 Å². The number of likely N-dealkylation sites (tertiary alicyclic amines) is 1. The summed E-state index contributed by atoms with van der Waals surface area (Å²) in [5, 5.41) is 3.45. The van der Waals surface area contributed by atoms with Gasteiger partial charge in [0.1, 0.15) is 0 Å². The Morgan fingerprint density at radius 2 is 1.67 bits per heavy atom. The predicted octanol–water partition coefficient (Wildman–Crippen LogP) is 3.47. The third kappa shape index (κ3) is 4.57. The van der Waals surface area contributed by atoms with Crippen LogP contribution in [0.15, 0.2) is 24.3 Å². The second-order valence-electron chi connectivity index (χ2n) is 6.34. The molecule has 1 aromatic carbocycles. The maximum Gasteiger partial charge on any atom is 0.223 e. The molecule has 1 unspecified atom stereocenters.